The number of hydrogen-bond acceptors (Lipinski definition) is 8. The van der Waals surface area contributed by atoms with Crippen molar-refractivity contribution in [2.24, 2.45) is 5.10 Å². The van der Waals surface area contributed by atoms with E-state index in [-0.39, 0.29) is 12.3 Å². The maximum atomic E-state index is 12.6. The second-order valence-corrected chi connectivity index (χ2v) is 8.49. The fraction of sp³-hybridized carbons (Fsp3) is 0.364. The SMILES string of the molecule is CCOC(=O)c1c(NC(=O)C(=O)N/N=C(\C)c2ccc([N+](=O)[O-])cc2)sc2c1CCCCC2. The molecule has 0 aliphatic heterocycles. The molecule has 0 saturated heterocycles. The quantitative estimate of drug-likeness (QED) is 0.164. The number of fused-ring (bicyclic) bond motifs is 1. The summed E-state index contributed by atoms with van der Waals surface area (Å²) in [6.07, 6.45) is 4.55. The van der Waals surface area contributed by atoms with Crippen LogP contribution in [0.4, 0.5) is 10.7 Å². The van der Waals surface area contributed by atoms with Crippen LogP contribution in [-0.4, -0.2) is 35.0 Å². The largest absolute Gasteiger partial charge is 0.462 e. The minimum absolute atomic E-state index is 0.0679. The molecule has 2 N–H and O–H groups in total. The van der Waals surface area contributed by atoms with Crippen molar-refractivity contribution in [3.8, 4) is 0 Å². The van der Waals surface area contributed by atoms with E-state index in [0.29, 0.717) is 21.8 Å². The zero-order valence-electron chi connectivity index (χ0n) is 18.3. The van der Waals surface area contributed by atoms with Gasteiger partial charge in [-0.2, -0.15) is 5.10 Å². The molecule has 0 radical (unpaired) electrons. The maximum absolute atomic E-state index is 12.6. The highest BCUT2D eigenvalue weighted by molar-refractivity contribution is 7.17. The number of benzene rings is 1. The van der Waals surface area contributed by atoms with Crippen molar-refractivity contribution in [3.05, 3.63) is 55.9 Å². The predicted molar refractivity (Wildman–Crippen MR) is 124 cm³/mol. The van der Waals surface area contributed by atoms with E-state index in [2.05, 4.69) is 15.8 Å². The minimum Gasteiger partial charge on any atom is -0.462 e. The number of nitro groups is 1. The van der Waals surface area contributed by atoms with Crippen LogP contribution in [0.5, 0.6) is 0 Å². The fourth-order valence-corrected chi connectivity index (χ4v) is 4.76. The third-order valence-corrected chi connectivity index (χ3v) is 6.36. The van der Waals surface area contributed by atoms with Gasteiger partial charge in [-0.05, 0) is 62.8 Å². The van der Waals surface area contributed by atoms with Gasteiger partial charge in [-0.3, -0.25) is 19.7 Å². The zero-order chi connectivity index (χ0) is 24.0. The van der Waals surface area contributed by atoms with Crippen molar-refractivity contribution >= 4 is 45.5 Å². The molecule has 1 aromatic carbocycles. The Morgan fingerprint density at radius 1 is 1.12 bits per heavy atom. The van der Waals surface area contributed by atoms with Gasteiger partial charge in [0.1, 0.15) is 5.00 Å². The number of ether oxygens (including phenoxy) is 1. The van der Waals surface area contributed by atoms with Gasteiger partial charge in [0, 0.05) is 17.0 Å². The second-order valence-electron chi connectivity index (χ2n) is 7.39. The van der Waals surface area contributed by atoms with Crippen LogP contribution in [0.15, 0.2) is 29.4 Å². The van der Waals surface area contributed by atoms with Gasteiger partial charge >= 0.3 is 17.8 Å². The number of hydrogen-bond donors (Lipinski definition) is 2. The molecule has 11 heteroatoms. The number of amides is 2. The van der Waals surface area contributed by atoms with Crippen LogP contribution in [0.2, 0.25) is 0 Å². The molecule has 1 aliphatic rings. The first kappa shape index (κ1) is 24.1. The molecule has 1 aliphatic carbocycles. The first-order valence-electron chi connectivity index (χ1n) is 10.5. The summed E-state index contributed by atoms with van der Waals surface area (Å²) >= 11 is 1.30. The number of nitro benzene ring substituents is 1. The number of rotatable bonds is 6. The molecule has 0 fully saturated rings. The third-order valence-electron chi connectivity index (χ3n) is 5.16. The fourth-order valence-electron chi connectivity index (χ4n) is 3.48. The van der Waals surface area contributed by atoms with Gasteiger partial charge in [-0.1, -0.05) is 6.42 Å². The lowest BCUT2D eigenvalue weighted by Gasteiger charge is -2.08. The number of aryl methyl sites for hydroxylation is 1. The summed E-state index contributed by atoms with van der Waals surface area (Å²) in [5.74, 6) is -2.48. The summed E-state index contributed by atoms with van der Waals surface area (Å²) in [5, 5.41) is 17.5. The lowest BCUT2D eigenvalue weighted by Crippen LogP contribution is -2.33. The summed E-state index contributed by atoms with van der Waals surface area (Å²) in [6, 6.07) is 5.63. The van der Waals surface area contributed by atoms with E-state index in [4.69, 9.17) is 4.74 Å². The number of anilines is 1. The van der Waals surface area contributed by atoms with Gasteiger partial charge < -0.3 is 10.1 Å². The zero-order valence-corrected chi connectivity index (χ0v) is 19.1. The molecule has 3 rings (SSSR count). The highest BCUT2D eigenvalue weighted by atomic mass is 32.1. The number of carbonyl (C=O) groups excluding carboxylic acids is 3. The minimum atomic E-state index is -1.00. The number of nitrogens with one attached hydrogen (secondary N) is 2. The highest BCUT2D eigenvalue weighted by Crippen LogP contribution is 2.38. The highest BCUT2D eigenvalue weighted by Gasteiger charge is 2.27. The number of thiophene rings is 1. The summed E-state index contributed by atoms with van der Waals surface area (Å²) < 4.78 is 5.18. The normalized spacial score (nSPS) is 13.5. The monoisotopic (exact) mass is 472 g/mol. The molecule has 2 amide bonds. The first-order chi connectivity index (χ1) is 15.8. The van der Waals surface area contributed by atoms with E-state index < -0.39 is 22.7 Å². The van der Waals surface area contributed by atoms with Gasteiger partial charge in [0.2, 0.25) is 0 Å². The van der Waals surface area contributed by atoms with Gasteiger partial charge in [-0.25, -0.2) is 10.2 Å². The molecule has 0 atom stereocenters. The molecule has 174 valence electrons. The topological polar surface area (TPSA) is 140 Å². The third kappa shape index (κ3) is 5.80. The molecule has 0 bridgehead atoms. The first-order valence-corrected chi connectivity index (χ1v) is 11.4. The average Bonchev–Trinajstić information content (AvgIpc) is 2.97. The Hall–Kier alpha value is -3.60. The van der Waals surface area contributed by atoms with Crippen molar-refractivity contribution in [1.29, 1.82) is 0 Å². The molecule has 0 saturated carbocycles. The Labute approximate surface area is 194 Å². The Kier molecular flexibility index (Phi) is 7.88. The Balaban J connectivity index is 1.72. The number of esters is 1. The smallest absolute Gasteiger partial charge is 0.341 e. The van der Waals surface area contributed by atoms with E-state index in [9.17, 15) is 24.5 Å². The average molecular weight is 473 g/mol. The van der Waals surface area contributed by atoms with Gasteiger partial charge in [-0.15, -0.1) is 11.3 Å². The van der Waals surface area contributed by atoms with E-state index in [1.165, 1.54) is 35.6 Å². The van der Waals surface area contributed by atoms with Gasteiger partial charge in [0.25, 0.3) is 5.69 Å². The summed E-state index contributed by atoms with van der Waals surface area (Å²) in [6.45, 7) is 3.50. The number of carbonyl (C=O) groups is 3. The number of hydrazone groups is 1. The number of nitrogens with zero attached hydrogens (tertiary/aromatic N) is 2. The van der Waals surface area contributed by atoms with Gasteiger partial charge in [0.15, 0.2) is 0 Å². The summed E-state index contributed by atoms with van der Waals surface area (Å²) in [7, 11) is 0. The molecular weight excluding hydrogens is 448 g/mol. The summed E-state index contributed by atoms with van der Waals surface area (Å²) in [5.41, 5.74) is 4.23. The van der Waals surface area contributed by atoms with E-state index in [1.54, 1.807) is 13.8 Å². The van der Waals surface area contributed by atoms with Crippen LogP contribution in [0.1, 0.15) is 59.5 Å². The standard InChI is InChI=1S/C22H24N4O6S/c1-3-32-22(29)18-16-7-5-4-6-8-17(16)33-21(18)23-19(27)20(28)25-24-13(2)14-9-11-15(12-10-14)26(30)31/h9-12H,3-8H2,1-2H3,(H,23,27)(H,25,28)/b24-13+. The molecule has 0 unspecified atom stereocenters. The van der Waals surface area contributed by atoms with Crippen LogP contribution in [0.25, 0.3) is 0 Å². The lowest BCUT2D eigenvalue weighted by atomic mass is 10.1. The Morgan fingerprint density at radius 2 is 1.82 bits per heavy atom. The van der Waals surface area contributed by atoms with E-state index >= 15 is 0 Å². The number of non-ortho nitro benzene ring substituents is 1. The van der Waals surface area contributed by atoms with Crippen molar-refractivity contribution < 1.29 is 24.0 Å². The Bertz CT molecular complexity index is 1110. The lowest BCUT2D eigenvalue weighted by molar-refractivity contribution is -0.384. The van der Waals surface area contributed by atoms with Crippen molar-refractivity contribution in [2.75, 3.05) is 11.9 Å². The van der Waals surface area contributed by atoms with E-state index in [1.807, 2.05) is 0 Å². The molecule has 2 aromatic rings. The van der Waals surface area contributed by atoms with Crippen molar-refractivity contribution in [2.45, 2.75) is 46.0 Å². The molecule has 1 aromatic heterocycles. The van der Waals surface area contributed by atoms with Crippen LogP contribution in [0, 0.1) is 10.1 Å². The van der Waals surface area contributed by atoms with Crippen LogP contribution in [0.3, 0.4) is 0 Å². The molecule has 1 heterocycles. The van der Waals surface area contributed by atoms with Gasteiger partial charge in [0.05, 0.1) is 22.8 Å². The molecular formula is C22H24N4O6S. The van der Waals surface area contributed by atoms with Crippen LogP contribution in [-0.2, 0) is 27.2 Å². The second kappa shape index (κ2) is 10.8. The molecule has 10 nitrogen and oxygen atoms in total. The van der Waals surface area contributed by atoms with Crippen molar-refractivity contribution in [1.82, 2.24) is 5.43 Å². The molecule has 0 spiro atoms. The maximum Gasteiger partial charge on any atom is 0.341 e. The van der Waals surface area contributed by atoms with Crippen molar-refractivity contribution in [3.63, 3.8) is 0 Å². The predicted octanol–water partition coefficient (Wildman–Crippen LogP) is 3.58. The Morgan fingerprint density at radius 3 is 2.48 bits per heavy atom. The van der Waals surface area contributed by atoms with E-state index in [0.717, 1.165) is 42.5 Å². The van der Waals surface area contributed by atoms with Crippen LogP contribution < -0.4 is 10.7 Å². The summed E-state index contributed by atoms with van der Waals surface area (Å²) in [4.78, 5) is 48.6. The van der Waals surface area contributed by atoms with Crippen LogP contribution >= 0.6 is 11.3 Å². The molecule has 33 heavy (non-hydrogen) atoms.